The second kappa shape index (κ2) is 14.5. The fourth-order valence-corrected chi connectivity index (χ4v) is 4.85. The zero-order valence-corrected chi connectivity index (χ0v) is 24.8. The number of carbonyl (C=O) groups is 1. The molecule has 0 bridgehead atoms. The number of hydrogen-bond acceptors (Lipinski definition) is 7. The lowest BCUT2D eigenvalue weighted by Gasteiger charge is -2.22. The van der Waals surface area contributed by atoms with E-state index >= 15 is 0 Å². The number of benzene rings is 4. The molecule has 0 saturated heterocycles. The van der Waals surface area contributed by atoms with Crippen molar-refractivity contribution in [1.82, 2.24) is 14.9 Å². The Labute approximate surface area is 252 Å². The molecule has 4 aromatic carbocycles. The van der Waals surface area contributed by atoms with Crippen LogP contribution in [0.3, 0.4) is 0 Å². The molecule has 0 aliphatic heterocycles. The van der Waals surface area contributed by atoms with Crippen LogP contribution in [-0.2, 0) is 16.0 Å². The molecular weight excluding hydrogens is 538 g/mol. The van der Waals surface area contributed by atoms with Crippen LogP contribution in [0, 0.1) is 6.92 Å². The fourth-order valence-electron chi connectivity index (χ4n) is 4.85. The molecule has 1 aromatic heterocycles. The highest BCUT2D eigenvalue weighted by atomic mass is 16.5. The Morgan fingerprint density at radius 1 is 0.814 bits per heavy atom. The zero-order chi connectivity index (χ0) is 30.0. The zero-order valence-electron chi connectivity index (χ0n) is 24.8. The molecule has 0 radical (unpaired) electrons. The lowest BCUT2D eigenvalue weighted by Crippen LogP contribution is -2.30. The largest absolute Gasteiger partial charge is 0.383 e. The number of nitrogens with zero attached hydrogens (tertiary/aromatic N) is 3. The third-order valence-corrected chi connectivity index (χ3v) is 7.23. The van der Waals surface area contributed by atoms with Crippen LogP contribution in [0.1, 0.15) is 21.5 Å². The van der Waals surface area contributed by atoms with Crippen molar-refractivity contribution in [3.8, 4) is 11.3 Å². The molecule has 0 aliphatic rings. The Morgan fingerprint density at radius 3 is 2.23 bits per heavy atom. The highest BCUT2D eigenvalue weighted by Gasteiger charge is 2.13. The van der Waals surface area contributed by atoms with E-state index in [4.69, 9.17) is 19.4 Å². The van der Waals surface area contributed by atoms with Crippen molar-refractivity contribution < 1.29 is 14.3 Å². The van der Waals surface area contributed by atoms with E-state index < -0.39 is 0 Å². The molecule has 0 aliphatic carbocycles. The van der Waals surface area contributed by atoms with E-state index in [1.807, 2.05) is 85.8 Å². The first-order valence-electron chi connectivity index (χ1n) is 14.3. The number of amides is 1. The Bertz CT molecular complexity index is 1650. The third-order valence-electron chi connectivity index (χ3n) is 7.23. The monoisotopic (exact) mass is 575 g/mol. The van der Waals surface area contributed by atoms with Gasteiger partial charge in [-0.25, -0.2) is 9.97 Å². The first kappa shape index (κ1) is 29.8. The average molecular weight is 576 g/mol. The van der Waals surface area contributed by atoms with Gasteiger partial charge in [-0.05, 0) is 54.4 Å². The van der Waals surface area contributed by atoms with Gasteiger partial charge in [0.2, 0.25) is 5.95 Å². The Hall–Kier alpha value is -4.63. The lowest BCUT2D eigenvalue weighted by atomic mass is 10.1. The van der Waals surface area contributed by atoms with Gasteiger partial charge in [0.15, 0.2) is 0 Å². The van der Waals surface area contributed by atoms with Crippen LogP contribution < -0.4 is 10.6 Å². The minimum atomic E-state index is -0.171. The summed E-state index contributed by atoms with van der Waals surface area (Å²) in [5.74, 6) is 0.322. The Morgan fingerprint density at radius 2 is 1.51 bits per heavy atom. The highest BCUT2D eigenvalue weighted by Crippen LogP contribution is 2.28. The number of methoxy groups -OCH3 is 2. The minimum absolute atomic E-state index is 0.171. The van der Waals surface area contributed by atoms with Crippen molar-refractivity contribution in [2.24, 2.45) is 0 Å². The van der Waals surface area contributed by atoms with Gasteiger partial charge in [-0.1, -0.05) is 60.7 Å². The van der Waals surface area contributed by atoms with Crippen LogP contribution in [-0.4, -0.2) is 61.3 Å². The topological polar surface area (TPSA) is 88.6 Å². The van der Waals surface area contributed by atoms with Crippen molar-refractivity contribution in [1.29, 1.82) is 0 Å². The molecule has 1 amide bonds. The first-order chi connectivity index (χ1) is 21.0. The van der Waals surface area contributed by atoms with Gasteiger partial charge in [-0.2, -0.15) is 0 Å². The van der Waals surface area contributed by atoms with Crippen molar-refractivity contribution in [2.75, 3.05) is 51.2 Å². The van der Waals surface area contributed by atoms with Crippen molar-refractivity contribution in [3.05, 3.63) is 114 Å². The first-order valence-corrected chi connectivity index (χ1v) is 14.3. The molecule has 5 rings (SSSR count). The van der Waals surface area contributed by atoms with Gasteiger partial charge < -0.3 is 20.1 Å². The molecule has 0 spiro atoms. The van der Waals surface area contributed by atoms with E-state index in [1.165, 1.54) is 0 Å². The van der Waals surface area contributed by atoms with Gasteiger partial charge in [0.1, 0.15) is 0 Å². The van der Waals surface area contributed by atoms with Crippen molar-refractivity contribution in [2.45, 2.75) is 13.5 Å². The normalized spacial score (nSPS) is 11.2. The van der Waals surface area contributed by atoms with E-state index in [-0.39, 0.29) is 5.91 Å². The van der Waals surface area contributed by atoms with E-state index in [0.29, 0.717) is 24.7 Å². The molecule has 0 unspecified atom stereocenters. The number of anilines is 3. The summed E-state index contributed by atoms with van der Waals surface area (Å²) in [5, 5.41) is 7.39. The smallest absolute Gasteiger partial charge is 0.255 e. The number of para-hydroxylation sites is 1. The van der Waals surface area contributed by atoms with Gasteiger partial charge in [-0.3, -0.25) is 9.69 Å². The standard InChI is InChI=1S/C35H37N5O3/c1-25-13-14-26(24-40(19-21-42-2)20-22-43-3)23-32(25)37-34(41)28-15-17-29(18-16-28)36-35-38-31-12-8-7-11-30(31)33(39-35)27-9-5-4-6-10-27/h4-18,23H,19-22,24H2,1-3H3,(H,37,41)(H,36,38,39). The summed E-state index contributed by atoms with van der Waals surface area (Å²) in [6.07, 6.45) is 0. The van der Waals surface area contributed by atoms with Gasteiger partial charge >= 0.3 is 0 Å². The molecule has 5 aromatic rings. The molecule has 1 heterocycles. The predicted molar refractivity (Wildman–Crippen MR) is 173 cm³/mol. The molecule has 0 saturated carbocycles. The van der Waals surface area contributed by atoms with E-state index in [2.05, 4.69) is 21.6 Å². The van der Waals surface area contributed by atoms with Gasteiger partial charge in [0.25, 0.3) is 5.91 Å². The molecule has 0 fully saturated rings. The molecule has 43 heavy (non-hydrogen) atoms. The second-order valence-electron chi connectivity index (χ2n) is 10.3. The fraction of sp³-hybridized carbons (Fsp3) is 0.229. The number of fused-ring (bicyclic) bond motifs is 1. The number of rotatable bonds is 13. The summed E-state index contributed by atoms with van der Waals surface area (Å²) in [5.41, 5.74) is 6.99. The summed E-state index contributed by atoms with van der Waals surface area (Å²) in [4.78, 5) is 25.0. The van der Waals surface area contributed by atoms with Crippen molar-refractivity contribution in [3.63, 3.8) is 0 Å². The van der Waals surface area contributed by atoms with Crippen LogP contribution >= 0.6 is 0 Å². The van der Waals surface area contributed by atoms with Gasteiger partial charge in [-0.15, -0.1) is 0 Å². The van der Waals surface area contributed by atoms with E-state index in [9.17, 15) is 4.79 Å². The Kier molecular flexibility index (Phi) is 10.1. The highest BCUT2D eigenvalue weighted by molar-refractivity contribution is 6.05. The van der Waals surface area contributed by atoms with E-state index in [0.717, 1.165) is 64.3 Å². The number of aromatic nitrogens is 2. The predicted octanol–water partition coefficient (Wildman–Crippen LogP) is 6.70. The molecular formula is C35H37N5O3. The SMILES string of the molecule is COCCN(CCOC)Cc1ccc(C)c(NC(=O)c2ccc(Nc3nc(-c4ccccc4)c4ccccc4n3)cc2)c1. The average Bonchev–Trinajstić information content (AvgIpc) is 3.04. The minimum Gasteiger partial charge on any atom is -0.383 e. The van der Waals surface area contributed by atoms with Crippen LogP contribution in [0.2, 0.25) is 0 Å². The lowest BCUT2D eigenvalue weighted by molar-refractivity contribution is 0.102. The summed E-state index contributed by atoms with van der Waals surface area (Å²) in [6.45, 7) is 5.62. The number of hydrogen-bond donors (Lipinski definition) is 2. The summed E-state index contributed by atoms with van der Waals surface area (Å²) < 4.78 is 10.5. The maximum absolute atomic E-state index is 13.2. The molecule has 8 heteroatoms. The number of carbonyl (C=O) groups excluding carboxylic acids is 1. The maximum atomic E-state index is 13.2. The van der Waals surface area contributed by atoms with E-state index in [1.54, 1.807) is 26.4 Å². The van der Waals surface area contributed by atoms with Crippen molar-refractivity contribution >= 4 is 34.1 Å². The molecule has 2 N–H and O–H groups in total. The van der Waals surface area contributed by atoms with Gasteiger partial charge in [0, 0.05) is 61.7 Å². The Balaban J connectivity index is 1.29. The number of ether oxygens (including phenoxy) is 2. The molecule has 220 valence electrons. The summed E-state index contributed by atoms with van der Waals surface area (Å²) in [6, 6.07) is 31.6. The summed E-state index contributed by atoms with van der Waals surface area (Å²) in [7, 11) is 3.41. The third kappa shape index (κ3) is 7.81. The summed E-state index contributed by atoms with van der Waals surface area (Å²) >= 11 is 0. The van der Waals surface area contributed by atoms with Crippen LogP contribution in [0.25, 0.3) is 22.2 Å². The van der Waals surface area contributed by atoms with Crippen LogP contribution in [0.4, 0.5) is 17.3 Å². The van der Waals surface area contributed by atoms with Crippen LogP contribution in [0.15, 0.2) is 97.1 Å². The second-order valence-corrected chi connectivity index (χ2v) is 10.3. The number of aryl methyl sites for hydroxylation is 1. The quantitative estimate of drug-likeness (QED) is 0.162. The maximum Gasteiger partial charge on any atom is 0.255 e. The molecule has 0 atom stereocenters. The number of nitrogens with one attached hydrogen (secondary N) is 2. The van der Waals surface area contributed by atoms with Crippen LogP contribution in [0.5, 0.6) is 0 Å². The molecule has 8 nitrogen and oxygen atoms in total. The van der Waals surface area contributed by atoms with Gasteiger partial charge in [0.05, 0.1) is 24.4 Å².